The topological polar surface area (TPSA) is 74.2 Å². The molecule has 0 aliphatic carbocycles. The van der Waals surface area contributed by atoms with E-state index >= 15 is 0 Å². The first kappa shape index (κ1) is 16.3. The molecule has 2 heterocycles. The van der Waals surface area contributed by atoms with Gasteiger partial charge in [0.15, 0.2) is 11.6 Å². The normalized spacial score (nSPS) is 15.3. The Morgan fingerprint density at radius 3 is 2.75 bits per heavy atom. The van der Waals surface area contributed by atoms with E-state index in [0.717, 1.165) is 44.2 Å². The number of nitrogens with one attached hydrogen (secondary N) is 1. The number of benzene rings is 1. The number of carbonyl (C=O) groups is 1. The predicted molar refractivity (Wildman–Crippen MR) is 93.9 cm³/mol. The van der Waals surface area contributed by atoms with Crippen molar-refractivity contribution in [1.29, 1.82) is 0 Å². The standard InChI is InChI=1S/C17H22N6O/c1-3-22-7-9-23(10-8-22)16-12-18-21-17(20-16)19-15-6-4-5-14(11-15)13(2)24/h4-6,11-12H,3,7-10H2,1-2H3,(H,19,20,21). The highest BCUT2D eigenvalue weighted by Crippen LogP contribution is 2.18. The molecule has 0 unspecified atom stereocenters. The molecule has 0 radical (unpaired) electrons. The fourth-order valence-electron chi connectivity index (χ4n) is 2.74. The number of aromatic nitrogens is 3. The van der Waals surface area contributed by atoms with Crippen molar-refractivity contribution in [3.8, 4) is 0 Å². The number of Topliss-reactive ketones (excluding diaryl/α,β-unsaturated/α-hetero) is 1. The largest absolute Gasteiger partial charge is 0.353 e. The van der Waals surface area contributed by atoms with Crippen molar-refractivity contribution < 1.29 is 4.79 Å². The molecule has 1 aromatic carbocycles. The first-order valence-corrected chi connectivity index (χ1v) is 8.21. The van der Waals surface area contributed by atoms with Crippen LogP contribution in [-0.4, -0.2) is 58.6 Å². The molecule has 7 heteroatoms. The average molecular weight is 326 g/mol. The van der Waals surface area contributed by atoms with Crippen LogP contribution < -0.4 is 10.2 Å². The van der Waals surface area contributed by atoms with Gasteiger partial charge in [-0.2, -0.15) is 10.1 Å². The summed E-state index contributed by atoms with van der Waals surface area (Å²) in [5, 5.41) is 11.2. The zero-order chi connectivity index (χ0) is 16.9. The van der Waals surface area contributed by atoms with Crippen LogP contribution in [0.4, 0.5) is 17.5 Å². The van der Waals surface area contributed by atoms with Crippen molar-refractivity contribution in [3.05, 3.63) is 36.0 Å². The van der Waals surface area contributed by atoms with E-state index in [1.165, 1.54) is 0 Å². The smallest absolute Gasteiger partial charge is 0.249 e. The van der Waals surface area contributed by atoms with E-state index < -0.39 is 0 Å². The molecular formula is C17H22N6O. The Bertz CT molecular complexity index is 712. The van der Waals surface area contributed by atoms with Crippen molar-refractivity contribution in [1.82, 2.24) is 20.1 Å². The molecule has 2 aromatic rings. The van der Waals surface area contributed by atoms with Crippen molar-refractivity contribution >= 4 is 23.2 Å². The number of rotatable bonds is 5. The van der Waals surface area contributed by atoms with Crippen LogP contribution in [0.2, 0.25) is 0 Å². The lowest BCUT2D eigenvalue weighted by atomic mass is 10.1. The lowest BCUT2D eigenvalue weighted by Gasteiger charge is -2.34. The molecule has 24 heavy (non-hydrogen) atoms. The van der Waals surface area contributed by atoms with Gasteiger partial charge < -0.3 is 15.1 Å². The molecular weight excluding hydrogens is 304 g/mol. The number of nitrogens with zero attached hydrogens (tertiary/aromatic N) is 5. The fourth-order valence-corrected chi connectivity index (χ4v) is 2.74. The molecule has 7 nitrogen and oxygen atoms in total. The van der Waals surface area contributed by atoms with E-state index in [2.05, 4.69) is 37.2 Å². The van der Waals surface area contributed by atoms with Crippen LogP contribution in [0.3, 0.4) is 0 Å². The van der Waals surface area contributed by atoms with Gasteiger partial charge in [0, 0.05) is 37.4 Å². The van der Waals surface area contributed by atoms with Crippen LogP contribution in [0, 0.1) is 0 Å². The maximum Gasteiger partial charge on any atom is 0.249 e. The summed E-state index contributed by atoms with van der Waals surface area (Å²) in [4.78, 5) is 20.7. The first-order valence-electron chi connectivity index (χ1n) is 8.21. The Labute approximate surface area is 141 Å². The van der Waals surface area contributed by atoms with Gasteiger partial charge in [-0.05, 0) is 25.6 Å². The summed E-state index contributed by atoms with van der Waals surface area (Å²) in [6, 6.07) is 7.29. The van der Waals surface area contributed by atoms with Gasteiger partial charge in [0.1, 0.15) is 0 Å². The minimum absolute atomic E-state index is 0.0280. The van der Waals surface area contributed by atoms with Gasteiger partial charge in [0.2, 0.25) is 5.95 Å². The van der Waals surface area contributed by atoms with Crippen LogP contribution in [0.5, 0.6) is 0 Å². The Kier molecular flexibility index (Phi) is 5.00. The van der Waals surface area contributed by atoms with Gasteiger partial charge in [0.05, 0.1) is 6.20 Å². The number of anilines is 3. The molecule has 0 bridgehead atoms. The second-order valence-electron chi connectivity index (χ2n) is 5.82. The van der Waals surface area contributed by atoms with Crippen LogP contribution in [0.25, 0.3) is 0 Å². The van der Waals surface area contributed by atoms with Gasteiger partial charge in [-0.1, -0.05) is 19.1 Å². The third kappa shape index (κ3) is 3.86. The van der Waals surface area contributed by atoms with Crippen molar-refractivity contribution in [2.45, 2.75) is 13.8 Å². The fraction of sp³-hybridized carbons (Fsp3) is 0.412. The van der Waals surface area contributed by atoms with E-state index in [-0.39, 0.29) is 5.78 Å². The number of piperazine rings is 1. The van der Waals surface area contributed by atoms with E-state index in [1.54, 1.807) is 25.3 Å². The summed E-state index contributed by atoms with van der Waals surface area (Å²) in [5.74, 6) is 1.29. The SMILES string of the molecule is CCN1CCN(c2cnnc(Nc3cccc(C(C)=O)c3)n2)CC1. The Morgan fingerprint density at radius 1 is 1.25 bits per heavy atom. The highest BCUT2D eigenvalue weighted by Gasteiger charge is 2.17. The summed E-state index contributed by atoms with van der Waals surface area (Å²) < 4.78 is 0. The predicted octanol–water partition coefficient (Wildman–Crippen LogP) is 1.96. The van der Waals surface area contributed by atoms with Gasteiger partial charge in [-0.15, -0.1) is 5.10 Å². The Balaban J connectivity index is 1.72. The van der Waals surface area contributed by atoms with Gasteiger partial charge in [0.25, 0.3) is 0 Å². The monoisotopic (exact) mass is 326 g/mol. The Hall–Kier alpha value is -2.54. The molecule has 1 saturated heterocycles. The highest BCUT2D eigenvalue weighted by atomic mass is 16.1. The highest BCUT2D eigenvalue weighted by molar-refractivity contribution is 5.95. The number of carbonyl (C=O) groups excluding carboxylic acids is 1. The molecule has 1 fully saturated rings. The second kappa shape index (κ2) is 7.35. The molecule has 1 aromatic heterocycles. The summed E-state index contributed by atoms with van der Waals surface area (Å²) >= 11 is 0. The quantitative estimate of drug-likeness (QED) is 0.842. The molecule has 0 atom stereocenters. The summed E-state index contributed by atoms with van der Waals surface area (Å²) in [6.07, 6.45) is 1.69. The van der Waals surface area contributed by atoms with Crippen LogP contribution in [0.15, 0.2) is 30.5 Å². The minimum atomic E-state index is 0.0280. The molecule has 126 valence electrons. The molecule has 1 N–H and O–H groups in total. The summed E-state index contributed by atoms with van der Waals surface area (Å²) in [5.41, 5.74) is 1.43. The number of hydrogen-bond donors (Lipinski definition) is 1. The zero-order valence-corrected chi connectivity index (χ0v) is 14.1. The summed E-state index contributed by atoms with van der Waals surface area (Å²) in [7, 11) is 0. The molecule has 0 spiro atoms. The lowest BCUT2D eigenvalue weighted by Crippen LogP contribution is -2.46. The lowest BCUT2D eigenvalue weighted by molar-refractivity contribution is 0.101. The third-order valence-electron chi connectivity index (χ3n) is 4.21. The van der Waals surface area contributed by atoms with Crippen LogP contribution in [0.1, 0.15) is 24.2 Å². The molecule has 0 amide bonds. The van der Waals surface area contributed by atoms with Crippen LogP contribution in [-0.2, 0) is 0 Å². The van der Waals surface area contributed by atoms with E-state index in [9.17, 15) is 4.79 Å². The van der Waals surface area contributed by atoms with E-state index in [1.807, 2.05) is 12.1 Å². The van der Waals surface area contributed by atoms with Gasteiger partial charge in [-0.25, -0.2) is 0 Å². The zero-order valence-electron chi connectivity index (χ0n) is 14.1. The molecule has 1 aliphatic rings. The maximum absolute atomic E-state index is 11.5. The molecule has 3 rings (SSSR count). The maximum atomic E-state index is 11.5. The number of hydrogen-bond acceptors (Lipinski definition) is 7. The van der Waals surface area contributed by atoms with E-state index in [4.69, 9.17) is 0 Å². The molecule has 0 saturated carbocycles. The van der Waals surface area contributed by atoms with Crippen molar-refractivity contribution in [2.75, 3.05) is 42.9 Å². The van der Waals surface area contributed by atoms with Crippen molar-refractivity contribution in [3.63, 3.8) is 0 Å². The Morgan fingerprint density at radius 2 is 2.04 bits per heavy atom. The summed E-state index contributed by atoms with van der Waals surface area (Å²) in [6.45, 7) is 8.74. The second-order valence-corrected chi connectivity index (χ2v) is 5.82. The van der Waals surface area contributed by atoms with E-state index in [0.29, 0.717) is 11.5 Å². The minimum Gasteiger partial charge on any atom is -0.353 e. The number of likely N-dealkylation sites (N-methyl/N-ethyl adjacent to an activating group) is 1. The number of ketones is 1. The van der Waals surface area contributed by atoms with Gasteiger partial charge in [-0.3, -0.25) is 4.79 Å². The first-order chi connectivity index (χ1) is 11.7. The van der Waals surface area contributed by atoms with Crippen LogP contribution >= 0.6 is 0 Å². The van der Waals surface area contributed by atoms with Crippen molar-refractivity contribution in [2.24, 2.45) is 0 Å². The third-order valence-corrected chi connectivity index (χ3v) is 4.21. The molecule has 1 aliphatic heterocycles. The average Bonchev–Trinajstić information content (AvgIpc) is 2.62. The van der Waals surface area contributed by atoms with Gasteiger partial charge >= 0.3 is 0 Å².